The van der Waals surface area contributed by atoms with Crippen molar-refractivity contribution in [3.05, 3.63) is 118 Å². The van der Waals surface area contributed by atoms with Gasteiger partial charge in [-0.25, -0.2) is 10.1 Å². The van der Waals surface area contributed by atoms with Crippen molar-refractivity contribution in [1.82, 2.24) is 15.2 Å². The van der Waals surface area contributed by atoms with Crippen molar-refractivity contribution in [2.45, 2.75) is 31.7 Å². The molecule has 6 rings (SSSR count). The number of nitrogens with zero attached hydrogens (tertiary/aromatic N) is 3. The van der Waals surface area contributed by atoms with Gasteiger partial charge in [-0.15, -0.1) is 0 Å². The van der Waals surface area contributed by atoms with E-state index >= 15 is 0 Å². The zero-order chi connectivity index (χ0) is 27.5. The van der Waals surface area contributed by atoms with Crippen molar-refractivity contribution in [2.75, 3.05) is 6.61 Å². The van der Waals surface area contributed by atoms with Crippen LogP contribution in [0.15, 0.2) is 100 Å². The summed E-state index contributed by atoms with van der Waals surface area (Å²) >= 11 is 0. The number of hydrazone groups is 1. The Hall–Kier alpha value is -4.85. The molecule has 200 valence electrons. The molecular weight excluding hydrogens is 504 g/mol. The second kappa shape index (κ2) is 11.1. The van der Waals surface area contributed by atoms with Crippen LogP contribution in [0, 0.1) is 5.92 Å². The Morgan fingerprint density at radius 1 is 0.950 bits per heavy atom. The molecule has 1 aromatic heterocycles. The van der Waals surface area contributed by atoms with E-state index < -0.39 is 12.6 Å². The van der Waals surface area contributed by atoms with Crippen LogP contribution >= 0.6 is 0 Å². The van der Waals surface area contributed by atoms with Crippen LogP contribution in [0.5, 0.6) is 0 Å². The number of nitrogens with one attached hydrogen (secondary N) is 1. The number of rotatable bonds is 6. The molecule has 1 amide bonds. The highest BCUT2D eigenvalue weighted by Gasteiger charge is 2.43. The Balaban J connectivity index is 1.23. The van der Waals surface area contributed by atoms with Crippen LogP contribution in [0.3, 0.4) is 0 Å². The summed E-state index contributed by atoms with van der Waals surface area (Å²) in [6, 6.07) is 26.7. The average Bonchev–Trinajstić information content (AvgIpc) is 3.39. The highest BCUT2D eigenvalue weighted by molar-refractivity contribution is 6.08. The molecule has 8 heteroatoms. The smallest absolute Gasteiger partial charge is 0.312 e. The third-order valence-electron chi connectivity index (χ3n) is 7.48. The lowest BCUT2D eigenvalue weighted by atomic mass is 9.77. The number of benzene rings is 3. The number of allylic oxidation sites excluding steroid dienone is 1. The van der Waals surface area contributed by atoms with Gasteiger partial charge in [0.2, 0.25) is 0 Å². The summed E-state index contributed by atoms with van der Waals surface area (Å²) in [6.45, 7) is -0.440. The molecule has 2 atom stereocenters. The van der Waals surface area contributed by atoms with Crippen LogP contribution in [-0.4, -0.2) is 39.4 Å². The lowest BCUT2D eigenvalue weighted by Gasteiger charge is -2.29. The molecule has 1 N–H and O–H groups in total. The number of carbonyl (C=O) groups is 2. The zero-order valence-electron chi connectivity index (χ0n) is 21.8. The molecule has 0 radical (unpaired) electrons. The number of carbonyl (C=O) groups excluding carboxylic acids is 2. The van der Waals surface area contributed by atoms with E-state index in [-0.39, 0.29) is 29.8 Å². The number of amides is 1. The van der Waals surface area contributed by atoms with Gasteiger partial charge >= 0.3 is 5.97 Å². The second-order valence-electron chi connectivity index (χ2n) is 10.0. The predicted molar refractivity (Wildman–Crippen MR) is 152 cm³/mol. The lowest BCUT2D eigenvalue weighted by molar-refractivity contribution is -0.152. The monoisotopic (exact) mass is 532 g/mol. The van der Waals surface area contributed by atoms with Crippen molar-refractivity contribution >= 4 is 34.4 Å². The number of aromatic nitrogens is 2. The van der Waals surface area contributed by atoms with Gasteiger partial charge in [0.1, 0.15) is 0 Å². The standard InChI is InChI=1S/C32H28N4O4/c37-28(20-40-29(38)19-27-24-15-7-8-16-25(24)32(39)34-33-27)36-31(22-12-5-2-6-13-22)26-17-9-14-23(30(26)35-36)18-21-10-3-1-4-11-21/h1-8,10-13,15-16,18,26,31H,9,14,17,19-20H2,(H,34,39)/b23-18+/t26-,31-/m0/s1. The molecule has 2 aliphatic rings. The van der Waals surface area contributed by atoms with Crippen molar-refractivity contribution < 1.29 is 14.3 Å². The first kappa shape index (κ1) is 25.4. The normalized spacial score (nSPS) is 19.4. The largest absolute Gasteiger partial charge is 0.455 e. The molecule has 40 heavy (non-hydrogen) atoms. The Kier molecular flexibility index (Phi) is 7.06. The molecule has 0 spiro atoms. The van der Waals surface area contributed by atoms with Crippen LogP contribution in [-0.2, 0) is 20.7 Å². The number of H-pyrrole nitrogens is 1. The Morgan fingerprint density at radius 2 is 1.65 bits per heavy atom. The first-order chi connectivity index (χ1) is 19.6. The number of esters is 1. The lowest BCUT2D eigenvalue weighted by Crippen LogP contribution is -2.34. The third-order valence-corrected chi connectivity index (χ3v) is 7.48. The number of hydrogen-bond acceptors (Lipinski definition) is 6. The molecule has 2 heterocycles. The fourth-order valence-corrected chi connectivity index (χ4v) is 5.64. The molecule has 1 fully saturated rings. The Bertz CT molecular complexity index is 1680. The van der Waals surface area contributed by atoms with E-state index in [1.807, 2.05) is 48.5 Å². The molecule has 8 nitrogen and oxygen atoms in total. The van der Waals surface area contributed by atoms with Crippen LogP contribution in [0.25, 0.3) is 16.8 Å². The first-order valence-electron chi connectivity index (χ1n) is 13.4. The van der Waals surface area contributed by atoms with Gasteiger partial charge in [-0.3, -0.25) is 14.4 Å². The number of fused-ring (bicyclic) bond motifs is 2. The number of aromatic amines is 1. The van der Waals surface area contributed by atoms with E-state index in [1.165, 1.54) is 5.01 Å². The van der Waals surface area contributed by atoms with E-state index in [0.29, 0.717) is 16.5 Å². The molecule has 3 aromatic carbocycles. The SMILES string of the molecule is O=C(Cc1n[nH]c(=O)c2ccccc12)OCC(=O)N1N=C2/C(=C/c3ccccc3)CCC[C@@H]2[C@@H]1c1ccccc1. The molecule has 1 saturated carbocycles. The number of ether oxygens (including phenoxy) is 1. The van der Waals surface area contributed by atoms with E-state index in [9.17, 15) is 14.4 Å². The second-order valence-corrected chi connectivity index (χ2v) is 10.0. The number of hydrogen-bond donors (Lipinski definition) is 1. The van der Waals surface area contributed by atoms with Gasteiger partial charge in [0.05, 0.1) is 29.3 Å². The van der Waals surface area contributed by atoms with Crippen molar-refractivity contribution in [2.24, 2.45) is 11.0 Å². The summed E-state index contributed by atoms with van der Waals surface area (Å²) in [5.74, 6) is -0.937. The van der Waals surface area contributed by atoms with Crippen molar-refractivity contribution in [3.63, 3.8) is 0 Å². The van der Waals surface area contributed by atoms with Gasteiger partial charge in [-0.2, -0.15) is 10.2 Å². The van der Waals surface area contributed by atoms with Gasteiger partial charge in [0, 0.05) is 11.3 Å². The van der Waals surface area contributed by atoms with Gasteiger partial charge in [0.25, 0.3) is 11.5 Å². The van der Waals surface area contributed by atoms with Gasteiger partial charge in [-0.05, 0) is 48.1 Å². The Morgan fingerprint density at radius 3 is 2.42 bits per heavy atom. The maximum absolute atomic E-state index is 13.5. The summed E-state index contributed by atoms with van der Waals surface area (Å²) in [5, 5.41) is 13.8. The van der Waals surface area contributed by atoms with Crippen molar-refractivity contribution in [3.8, 4) is 0 Å². The van der Waals surface area contributed by atoms with E-state index in [1.54, 1.807) is 24.3 Å². The minimum atomic E-state index is -0.608. The van der Waals surface area contributed by atoms with Gasteiger partial charge in [-0.1, -0.05) is 78.9 Å². The van der Waals surface area contributed by atoms with Gasteiger partial charge < -0.3 is 4.74 Å². The summed E-state index contributed by atoms with van der Waals surface area (Å²) < 4.78 is 5.41. The quantitative estimate of drug-likeness (QED) is 0.358. The minimum Gasteiger partial charge on any atom is -0.455 e. The Labute approximate surface area is 231 Å². The predicted octanol–water partition coefficient (Wildman–Crippen LogP) is 4.83. The summed E-state index contributed by atoms with van der Waals surface area (Å²) in [5.41, 5.74) is 4.21. The summed E-state index contributed by atoms with van der Waals surface area (Å²) in [6.07, 6.45) is 4.79. The van der Waals surface area contributed by atoms with Crippen LogP contribution < -0.4 is 5.56 Å². The molecular formula is C32H28N4O4. The topological polar surface area (TPSA) is 105 Å². The van der Waals surface area contributed by atoms with Gasteiger partial charge in [0.15, 0.2) is 6.61 Å². The minimum absolute atomic E-state index is 0.0578. The molecule has 1 aliphatic carbocycles. The third kappa shape index (κ3) is 5.08. The van der Waals surface area contributed by atoms with E-state index in [2.05, 4.69) is 28.4 Å². The fraction of sp³-hybridized carbons (Fsp3) is 0.219. The van der Waals surface area contributed by atoms with Crippen molar-refractivity contribution in [1.29, 1.82) is 0 Å². The maximum atomic E-state index is 13.5. The highest BCUT2D eigenvalue weighted by Crippen LogP contribution is 2.44. The fourth-order valence-electron chi connectivity index (χ4n) is 5.64. The molecule has 4 aromatic rings. The summed E-state index contributed by atoms with van der Waals surface area (Å²) in [7, 11) is 0. The average molecular weight is 533 g/mol. The first-order valence-corrected chi connectivity index (χ1v) is 13.4. The molecule has 0 bridgehead atoms. The maximum Gasteiger partial charge on any atom is 0.312 e. The van der Waals surface area contributed by atoms with Crippen LogP contribution in [0.2, 0.25) is 0 Å². The summed E-state index contributed by atoms with van der Waals surface area (Å²) in [4.78, 5) is 38.3. The van der Waals surface area contributed by atoms with Crippen LogP contribution in [0.1, 0.15) is 42.1 Å². The highest BCUT2D eigenvalue weighted by atomic mass is 16.5. The van der Waals surface area contributed by atoms with Crippen LogP contribution in [0.4, 0.5) is 0 Å². The molecule has 0 unspecified atom stereocenters. The zero-order valence-corrected chi connectivity index (χ0v) is 21.8. The molecule has 1 aliphatic heterocycles. The molecule has 0 saturated heterocycles. The van der Waals surface area contributed by atoms with E-state index in [0.717, 1.165) is 41.7 Å². The van der Waals surface area contributed by atoms with E-state index in [4.69, 9.17) is 9.84 Å².